The highest BCUT2D eigenvalue weighted by Crippen LogP contribution is 2.38. The molecule has 5 heteroatoms. The second-order valence-electron chi connectivity index (χ2n) is 14.3. The Bertz CT molecular complexity index is 3280. The van der Waals surface area contributed by atoms with Crippen LogP contribution in [0.4, 0.5) is 0 Å². The van der Waals surface area contributed by atoms with E-state index in [-0.39, 0.29) is 0 Å². The number of para-hydroxylation sites is 1. The number of hydrogen-bond donors (Lipinski definition) is 0. The lowest BCUT2D eigenvalue weighted by atomic mass is 9.96. The van der Waals surface area contributed by atoms with Gasteiger partial charge in [0.25, 0.3) is 0 Å². The van der Waals surface area contributed by atoms with Gasteiger partial charge in [0.1, 0.15) is 5.82 Å². The quantitative estimate of drug-likeness (QED) is 0.160. The third-order valence-corrected chi connectivity index (χ3v) is 10.8. The minimum atomic E-state index is 0.631. The molecule has 0 amide bonds. The van der Waals surface area contributed by atoms with Gasteiger partial charge in [-0.3, -0.25) is 4.57 Å². The fourth-order valence-corrected chi connectivity index (χ4v) is 8.00. The maximum atomic E-state index is 5.38. The third kappa shape index (κ3) is 5.81. The van der Waals surface area contributed by atoms with Gasteiger partial charge in [0.2, 0.25) is 0 Å². The minimum absolute atomic E-state index is 0.631. The number of aromatic nitrogens is 5. The van der Waals surface area contributed by atoms with Gasteiger partial charge in [0, 0.05) is 33.3 Å². The van der Waals surface area contributed by atoms with Crippen LogP contribution in [0.15, 0.2) is 200 Å². The molecule has 2 heterocycles. The molecule has 0 saturated heterocycles. The number of fused-ring (bicyclic) bond motifs is 6. The normalized spacial score (nSPS) is 11.5. The summed E-state index contributed by atoms with van der Waals surface area (Å²) in [6.45, 7) is 0. The smallest absolute Gasteiger partial charge is 0.164 e. The van der Waals surface area contributed by atoms with Gasteiger partial charge in [-0.2, -0.15) is 0 Å². The summed E-state index contributed by atoms with van der Waals surface area (Å²) >= 11 is 0. The molecule has 0 aliphatic rings. The van der Waals surface area contributed by atoms with E-state index in [4.69, 9.17) is 19.9 Å². The van der Waals surface area contributed by atoms with E-state index in [1.165, 1.54) is 10.8 Å². The molecule has 0 aliphatic heterocycles. The van der Waals surface area contributed by atoms with Gasteiger partial charge >= 0.3 is 0 Å². The zero-order chi connectivity index (χ0) is 37.7. The summed E-state index contributed by atoms with van der Waals surface area (Å²) in [4.78, 5) is 20.5. The highest BCUT2D eigenvalue weighted by molar-refractivity contribution is 6.19. The van der Waals surface area contributed by atoms with Crippen molar-refractivity contribution in [3.8, 4) is 62.4 Å². The summed E-state index contributed by atoms with van der Waals surface area (Å²) in [6.07, 6.45) is 0. The molecule has 0 bridgehead atoms. The van der Waals surface area contributed by atoms with Crippen LogP contribution in [0.2, 0.25) is 0 Å². The van der Waals surface area contributed by atoms with E-state index in [2.05, 4.69) is 168 Å². The highest BCUT2D eigenvalue weighted by atomic mass is 15.1. The predicted molar refractivity (Wildman–Crippen MR) is 234 cm³/mol. The first-order valence-corrected chi connectivity index (χ1v) is 19.1. The molecule has 5 nitrogen and oxygen atoms in total. The number of rotatable bonds is 6. The van der Waals surface area contributed by atoms with Crippen molar-refractivity contribution < 1.29 is 0 Å². The van der Waals surface area contributed by atoms with E-state index in [0.29, 0.717) is 17.5 Å². The minimum Gasteiger partial charge on any atom is -0.292 e. The summed E-state index contributed by atoms with van der Waals surface area (Å²) in [7, 11) is 0. The largest absolute Gasteiger partial charge is 0.292 e. The van der Waals surface area contributed by atoms with Crippen LogP contribution in [0.1, 0.15) is 0 Å². The second-order valence-corrected chi connectivity index (χ2v) is 14.3. The van der Waals surface area contributed by atoms with Gasteiger partial charge < -0.3 is 0 Å². The predicted octanol–water partition coefficient (Wildman–Crippen LogP) is 13.0. The maximum absolute atomic E-state index is 5.38. The summed E-state index contributed by atoms with van der Waals surface area (Å²) < 4.78 is 2.28. The Morgan fingerprint density at radius 2 is 0.842 bits per heavy atom. The Kier molecular flexibility index (Phi) is 7.74. The molecule has 0 aliphatic carbocycles. The Morgan fingerprint density at radius 3 is 1.61 bits per heavy atom. The van der Waals surface area contributed by atoms with Crippen LogP contribution in [-0.4, -0.2) is 24.5 Å². The van der Waals surface area contributed by atoms with Crippen molar-refractivity contribution >= 4 is 43.4 Å². The molecular formula is C52H33N5. The van der Waals surface area contributed by atoms with Gasteiger partial charge in [0.15, 0.2) is 17.5 Å². The van der Waals surface area contributed by atoms with Gasteiger partial charge in [-0.1, -0.05) is 164 Å². The molecule has 0 radical (unpaired) electrons. The third-order valence-electron chi connectivity index (χ3n) is 10.8. The molecule has 0 atom stereocenters. The van der Waals surface area contributed by atoms with Gasteiger partial charge in [-0.25, -0.2) is 19.9 Å². The first-order valence-electron chi connectivity index (χ1n) is 19.1. The lowest BCUT2D eigenvalue weighted by Crippen LogP contribution is -2.00. The van der Waals surface area contributed by atoms with Gasteiger partial charge in [-0.15, -0.1) is 0 Å². The van der Waals surface area contributed by atoms with Crippen LogP contribution in [-0.2, 0) is 0 Å². The van der Waals surface area contributed by atoms with E-state index in [0.717, 1.165) is 77.5 Å². The Morgan fingerprint density at radius 1 is 0.316 bits per heavy atom. The van der Waals surface area contributed by atoms with Gasteiger partial charge in [-0.05, 0) is 74.5 Å². The number of nitrogens with zero attached hydrogens (tertiary/aromatic N) is 5. The standard InChI is InChI=1S/C52H33N5/c1-4-14-36(15-5-1)49-54-50(56-51(55-49)43-26-23-34-13-10-11-18-38(34)32-43)42-20-12-19-39(33-42)40-27-29-45-41(31-40)25-24-35-28-30-46-48(47(35)45)53-52(37-16-6-2-7-17-37)57(46)44-21-8-3-9-22-44/h1-33H. The van der Waals surface area contributed by atoms with Crippen LogP contribution in [0.25, 0.3) is 106 Å². The molecule has 0 fully saturated rings. The Hall–Kier alpha value is -7.76. The molecule has 0 N–H and O–H groups in total. The lowest BCUT2D eigenvalue weighted by Gasteiger charge is -2.11. The highest BCUT2D eigenvalue weighted by Gasteiger charge is 2.18. The molecule has 0 saturated carbocycles. The van der Waals surface area contributed by atoms with Crippen LogP contribution in [0.5, 0.6) is 0 Å². The summed E-state index contributed by atoms with van der Waals surface area (Å²) in [5.74, 6) is 2.84. The first-order chi connectivity index (χ1) is 28.2. The number of hydrogen-bond acceptors (Lipinski definition) is 4. The van der Waals surface area contributed by atoms with Crippen LogP contribution in [0.3, 0.4) is 0 Å². The van der Waals surface area contributed by atoms with Crippen LogP contribution < -0.4 is 0 Å². The van der Waals surface area contributed by atoms with Crippen molar-refractivity contribution in [3.05, 3.63) is 200 Å². The number of imidazole rings is 1. The molecular weight excluding hydrogens is 695 g/mol. The first kappa shape index (κ1) is 32.7. The Labute approximate surface area is 329 Å². The van der Waals surface area contributed by atoms with E-state index in [9.17, 15) is 0 Å². The SMILES string of the molecule is c1ccc(-c2nc(-c3cccc(-c4ccc5c(ccc6ccc7c(nc(-c8ccccc8)n7-c7ccccc7)c65)c4)c3)nc(-c3ccc4ccccc4c3)n2)cc1. The second kappa shape index (κ2) is 13.5. The molecule has 9 aromatic carbocycles. The molecule has 57 heavy (non-hydrogen) atoms. The molecule has 0 unspecified atom stereocenters. The van der Waals surface area contributed by atoms with Crippen LogP contribution >= 0.6 is 0 Å². The van der Waals surface area contributed by atoms with Gasteiger partial charge in [0.05, 0.1) is 11.0 Å². The van der Waals surface area contributed by atoms with E-state index >= 15 is 0 Å². The van der Waals surface area contributed by atoms with Crippen molar-refractivity contribution in [1.29, 1.82) is 0 Å². The monoisotopic (exact) mass is 727 g/mol. The average Bonchev–Trinajstić information content (AvgIpc) is 3.69. The van der Waals surface area contributed by atoms with Crippen molar-refractivity contribution in [2.24, 2.45) is 0 Å². The van der Waals surface area contributed by atoms with Crippen molar-refractivity contribution in [3.63, 3.8) is 0 Å². The zero-order valence-corrected chi connectivity index (χ0v) is 30.8. The molecule has 2 aromatic heterocycles. The average molecular weight is 728 g/mol. The van der Waals surface area contributed by atoms with Crippen LogP contribution in [0, 0.1) is 0 Å². The lowest BCUT2D eigenvalue weighted by molar-refractivity contribution is 1.07. The summed E-state index contributed by atoms with van der Waals surface area (Å²) in [5.41, 5.74) is 9.24. The topological polar surface area (TPSA) is 56.5 Å². The Balaban J connectivity index is 1.04. The zero-order valence-electron chi connectivity index (χ0n) is 30.8. The summed E-state index contributed by atoms with van der Waals surface area (Å²) in [6, 6.07) is 69.9. The van der Waals surface area contributed by atoms with E-state index < -0.39 is 0 Å². The molecule has 11 aromatic rings. The molecule has 11 rings (SSSR count). The molecule has 266 valence electrons. The van der Waals surface area contributed by atoms with E-state index in [1.54, 1.807) is 0 Å². The molecule has 0 spiro atoms. The maximum Gasteiger partial charge on any atom is 0.164 e. The summed E-state index contributed by atoms with van der Waals surface area (Å²) in [5, 5.41) is 6.95. The van der Waals surface area contributed by atoms with E-state index in [1.807, 2.05) is 36.4 Å². The van der Waals surface area contributed by atoms with Crippen molar-refractivity contribution in [1.82, 2.24) is 24.5 Å². The van der Waals surface area contributed by atoms with Crippen molar-refractivity contribution in [2.45, 2.75) is 0 Å². The fourth-order valence-electron chi connectivity index (χ4n) is 8.00. The fraction of sp³-hybridized carbons (Fsp3) is 0. The number of benzene rings is 9. The van der Waals surface area contributed by atoms with Crippen molar-refractivity contribution in [2.75, 3.05) is 0 Å².